The first-order valence-electron chi connectivity index (χ1n) is 2.12. The molecule has 1 aromatic heterocycles. The van der Waals surface area contributed by atoms with Gasteiger partial charge in [-0.2, -0.15) is 0 Å². The topological polar surface area (TPSA) is 38.9 Å². The fraction of sp³-hybridized carbons (Fsp3) is 0.500. The molecule has 1 rings (SSSR count). The Kier molecular flexibility index (Phi) is 1.06. The van der Waals surface area contributed by atoms with E-state index in [1.807, 2.05) is 6.92 Å². The second-order valence-corrected chi connectivity index (χ2v) is 1.18. The summed E-state index contributed by atoms with van der Waals surface area (Å²) in [6, 6.07) is 0. The molecule has 0 fully saturated rings. The van der Waals surface area contributed by atoms with Gasteiger partial charge in [-0.3, -0.25) is 0 Å². The van der Waals surface area contributed by atoms with Crippen molar-refractivity contribution in [1.82, 2.24) is 10.3 Å². The summed E-state index contributed by atoms with van der Waals surface area (Å²) in [6.07, 6.45) is 3.40. The molecule has 0 aliphatic heterocycles. The van der Waals surface area contributed by atoms with Gasteiger partial charge in [-0.1, -0.05) is 12.1 Å². The molecule has 0 N–H and O–H groups in total. The zero-order valence-electron chi connectivity index (χ0n) is 4.01. The standard InChI is InChI=1S/C4H5N2O/c1-2-4-3-5-7-6-4/h2H2,1H3. The second kappa shape index (κ2) is 1.73. The van der Waals surface area contributed by atoms with E-state index < -0.39 is 0 Å². The number of nitrogens with zero attached hydrogens (tertiary/aromatic N) is 2. The molecule has 7 heavy (non-hydrogen) atoms. The Morgan fingerprint density at radius 2 is 2.71 bits per heavy atom. The molecule has 0 saturated carbocycles. The first-order valence-corrected chi connectivity index (χ1v) is 2.12. The van der Waals surface area contributed by atoms with Gasteiger partial charge in [0.05, 0.1) is 0 Å². The highest BCUT2D eigenvalue weighted by Crippen LogP contribution is 1.86. The fourth-order valence-electron chi connectivity index (χ4n) is 0.307. The van der Waals surface area contributed by atoms with Gasteiger partial charge in [-0.05, 0) is 11.6 Å². The van der Waals surface area contributed by atoms with Crippen molar-refractivity contribution in [1.29, 1.82) is 0 Å². The smallest absolute Gasteiger partial charge is 0.162 e. The van der Waals surface area contributed by atoms with Crippen molar-refractivity contribution >= 4 is 0 Å². The molecule has 0 aliphatic carbocycles. The van der Waals surface area contributed by atoms with E-state index in [2.05, 4.69) is 21.1 Å². The third kappa shape index (κ3) is 0.765. The molecule has 3 nitrogen and oxygen atoms in total. The molecular weight excluding hydrogens is 92.1 g/mol. The average Bonchev–Trinajstić information content (AvgIpc) is 2.14. The van der Waals surface area contributed by atoms with Gasteiger partial charge in [0.2, 0.25) is 0 Å². The molecule has 1 radical (unpaired) electrons. The van der Waals surface area contributed by atoms with Crippen LogP contribution in [0.2, 0.25) is 0 Å². The molecule has 1 heterocycles. The molecule has 0 bridgehead atoms. The molecule has 1 aromatic rings. The number of rotatable bonds is 1. The van der Waals surface area contributed by atoms with Crippen molar-refractivity contribution in [3.05, 3.63) is 11.9 Å². The van der Waals surface area contributed by atoms with Crippen LogP contribution in [0.4, 0.5) is 0 Å². The highest BCUT2D eigenvalue weighted by Gasteiger charge is 1.89. The van der Waals surface area contributed by atoms with Gasteiger partial charge >= 0.3 is 0 Å². The van der Waals surface area contributed by atoms with E-state index >= 15 is 0 Å². The van der Waals surface area contributed by atoms with Crippen molar-refractivity contribution < 1.29 is 4.63 Å². The third-order valence-corrected chi connectivity index (χ3v) is 0.701. The van der Waals surface area contributed by atoms with Gasteiger partial charge in [-0.25, -0.2) is 4.63 Å². The van der Waals surface area contributed by atoms with Gasteiger partial charge in [0.25, 0.3) is 0 Å². The van der Waals surface area contributed by atoms with Gasteiger partial charge in [0.1, 0.15) is 5.69 Å². The monoisotopic (exact) mass is 97.0 g/mol. The summed E-state index contributed by atoms with van der Waals surface area (Å²) in [5.74, 6) is 0. The summed E-state index contributed by atoms with van der Waals surface area (Å²) in [6.45, 7) is 1.97. The molecule has 0 spiro atoms. The van der Waals surface area contributed by atoms with E-state index in [9.17, 15) is 0 Å². The Bertz CT molecular complexity index is 124. The van der Waals surface area contributed by atoms with E-state index in [1.54, 1.807) is 0 Å². The number of aryl methyl sites for hydroxylation is 1. The normalized spacial score (nSPS) is 9.29. The van der Waals surface area contributed by atoms with Crippen molar-refractivity contribution in [2.75, 3.05) is 0 Å². The molecule has 0 unspecified atom stereocenters. The maximum Gasteiger partial charge on any atom is 0.162 e. The minimum Gasteiger partial charge on any atom is -0.244 e. The maximum atomic E-state index is 4.25. The van der Waals surface area contributed by atoms with E-state index in [0.29, 0.717) is 0 Å². The third-order valence-electron chi connectivity index (χ3n) is 0.701. The van der Waals surface area contributed by atoms with Crippen LogP contribution in [-0.2, 0) is 6.42 Å². The predicted octanol–water partition coefficient (Wildman–Crippen LogP) is 0.432. The van der Waals surface area contributed by atoms with Crippen LogP contribution in [0.3, 0.4) is 0 Å². The Balaban J connectivity index is 2.76. The molecule has 37 valence electrons. The molecule has 0 aromatic carbocycles. The molecular formula is C4H5N2O. The lowest BCUT2D eigenvalue weighted by Gasteiger charge is -1.71. The number of hydrogen-bond acceptors (Lipinski definition) is 3. The highest BCUT2D eigenvalue weighted by molar-refractivity contribution is 4.84. The van der Waals surface area contributed by atoms with Gasteiger partial charge in [-0.15, -0.1) is 0 Å². The highest BCUT2D eigenvalue weighted by atomic mass is 16.6. The lowest BCUT2D eigenvalue weighted by Crippen LogP contribution is -1.74. The van der Waals surface area contributed by atoms with E-state index in [0.717, 1.165) is 12.1 Å². The van der Waals surface area contributed by atoms with Crippen molar-refractivity contribution in [2.45, 2.75) is 13.3 Å². The van der Waals surface area contributed by atoms with Crippen molar-refractivity contribution in [3.8, 4) is 0 Å². The van der Waals surface area contributed by atoms with Crippen LogP contribution in [0.5, 0.6) is 0 Å². The Labute approximate surface area is 41.3 Å². The summed E-state index contributed by atoms with van der Waals surface area (Å²) >= 11 is 0. The average molecular weight is 97.1 g/mol. The van der Waals surface area contributed by atoms with E-state index in [4.69, 9.17) is 0 Å². The van der Waals surface area contributed by atoms with Gasteiger partial charge in [0.15, 0.2) is 6.20 Å². The summed E-state index contributed by atoms with van der Waals surface area (Å²) in [7, 11) is 0. The summed E-state index contributed by atoms with van der Waals surface area (Å²) in [4.78, 5) is 0. The predicted molar refractivity (Wildman–Crippen MR) is 22.5 cm³/mol. The Morgan fingerprint density at radius 3 is 3.00 bits per heavy atom. The zero-order valence-corrected chi connectivity index (χ0v) is 4.01. The van der Waals surface area contributed by atoms with Crippen LogP contribution in [0.15, 0.2) is 4.63 Å². The van der Waals surface area contributed by atoms with Gasteiger partial charge in [0, 0.05) is 0 Å². The van der Waals surface area contributed by atoms with E-state index in [-0.39, 0.29) is 0 Å². The van der Waals surface area contributed by atoms with Crippen LogP contribution in [0.1, 0.15) is 12.6 Å². The lowest BCUT2D eigenvalue weighted by molar-refractivity contribution is 0.303. The molecule has 0 saturated heterocycles. The number of aromatic nitrogens is 2. The van der Waals surface area contributed by atoms with Crippen LogP contribution in [0, 0.1) is 6.20 Å². The minimum atomic E-state index is 0.778. The van der Waals surface area contributed by atoms with Crippen LogP contribution >= 0.6 is 0 Å². The van der Waals surface area contributed by atoms with Crippen LogP contribution in [-0.4, -0.2) is 10.3 Å². The largest absolute Gasteiger partial charge is 0.244 e. The lowest BCUT2D eigenvalue weighted by atomic mass is 10.4. The maximum absolute atomic E-state index is 4.25. The summed E-state index contributed by atoms with van der Waals surface area (Å²) in [5, 5.41) is 6.77. The molecule has 0 aliphatic rings. The summed E-state index contributed by atoms with van der Waals surface area (Å²) < 4.78 is 4.25. The second-order valence-electron chi connectivity index (χ2n) is 1.18. The number of hydrogen-bond donors (Lipinski definition) is 0. The van der Waals surface area contributed by atoms with Crippen LogP contribution < -0.4 is 0 Å². The quantitative estimate of drug-likeness (QED) is 0.510. The van der Waals surface area contributed by atoms with Crippen molar-refractivity contribution in [3.63, 3.8) is 0 Å². The zero-order chi connectivity index (χ0) is 5.11. The fourth-order valence-corrected chi connectivity index (χ4v) is 0.307. The Morgan fingerprint density at radius 1 is 1.86 bits per heavy atom. The Hall–Kier alpha value is -0.860. The summed E-state index contributed by atoms with van der Waals surface area (Å²) in [5.41, 5.74) is 0.778. The minimum absolute atomic E-state index is 0.778. The van der Waals surface area contributed by atoms with Crippen molar-refractivity contribution in [2.24, 2.45) is 0 Å². The molecule has 0 atom stereocenters. The SMILES string of the molecule is CCc1[c]non1. The first-order chi connectivity index (χ1) is 3.43. The van der Waals surface area contributed by atoms with Crippen LogP contribution in [0.25, 0.3) is 0 Å². The first kappa shape index (κ1) is 4.30. The molecule has 0 amide bonds. The van der Waals surface area contributed by atoms with E-state index in [1.165, 1.54) is 0 Å². The molecule has 3 heteroatoms. The van der Waals surface area contributed by atoms with Gasteiger partial charge < -0.3 is 0 Å².